The van der Waals surface area contributed by atoms with Gasteiger partial charge in [0.1, 0.15) is 0 Å². The Morgan fingerprint density at radius 1 is 0.581 bits per heavy atom. The van der Waals surface area contributed by atoms with E-state index in [4.69, 9.17) is 0 Å². The molecule has 0 aliphatic rings. The largest absolute Gasteiger partial charge is 1.00 e. The average Bonchev–Trinajstić information content (AvgIpc) is 2.75. The van der Waals surface area contributed by atoms with Crippen LogP contribution < -0.4 is 34.7 Å². The topological polar surface area (TPSA) is 72.5 Å². The third-order valence-electron chi connectivity index (χ3n) is 5.02. The Hall–Kier alpha value is -2.86. The Morgan fingerprint density at radius 2 is 1.16 bits per heavy atom. The predicted octanol–water partition coefficient (Wildman–Crippen LogP) is 4.67. The molecule has 0 spiro atoms. The van der Waals surface area contributed by atoms with Gasteiger partial charge in [0.2, 0.25) is 0 Å². The fourth-order valence-electron chi connectivity index (χ4n) is 3.23. The second kappa shape index (κ2) is 9.96. The van der Waals surface area contributed by atoms with Crippen molar-refractivity contribution >= 4 is 33.5 Å². The van der Waals surface area contributed by atoms with Crippen molar-refractivity contribution in [2.75, 3.05) is 0 Å². The zero-order valence-electron chi connectivity index (χ0n) is 18.1. The molecule has 0 bridgehead atoms. The smallest absolute Gasteiger partial charge is 0.871 e. The van der Waals surface area contributed by atoms with Crippen molar-refractivity contribution in [3.05, 3.63) is 89.5 Å². The van der Waals surface area contributed by atoms with Gasteiger partial charge in [0.15, 0.2) is 0 Å². The fraction of sp³-hybridized carbons (Fsp3) is 0.120. The van der Waals surface area contributed by atoms with E-state index in [0.717, 1.165) is 38.8 Å². The van der Waals surface area contributed by atoms with Crippen LogP contribution >= 0.6 is 0 Å². The van der Waals surface area contributed by atoms with Crippen molar-refractivity contribution in [3.8, 4) is 5.75 Å². The molecule has 6 heteroatoms. The van der Waals surface area contributed by atoms with Crippen LogP contribution in [0.25, 0.3) is 10.8 Å². The van der Waals surface area contributed by atoms with Crippen LogP contribution in [-0.4, -0.2) is 0 Å². The van der Waals surface area contributed by atoms with Crippen molar-refractivity contribution in [3.63, 3.8) is 0 Å². The molecule has 0 saturated heterocycles. The zero-order valence-corrected chi connectivity index (χ0v) is 20.1. The molecule has 0 amide bonds. The molecule has 0 radical (unpaired) electrons. The molecule has 4 aromatic rings. The molecule has 0 aliphatic carbocycles. The van der Waals surface area contributed by atoms with E-state index in [2.05, 4.69) is 20.5 Å². The molecule has 148 valence electrons. The molecule has 5 nitrogen and oxygen atoms in total. The molecule has 0 atom stereocenters. The molecule has 0 aliphatic heterocycles. The van der Waals surface area contributed by atoms with Crippen LogP contribution in [0.2, 0.25) is 0 Å². The maximum absolute atomic E-state index is 12.3. The van der Waals surface area contributed by atoms with E-state index in [1.165, 1.54) is 6.07 Å². The monoisotopic (exact) mass is 416 g/mol. The summed E-state index contributed by atoms with van der Waals surface area (Å²) >= 11 is 0. The van der Waals surface area contributed by atoms with Gasteiger partial charge in [-0.25, -0.2) is 0 Å². The number of hydrogen-bond donors (Lipinski definition) is 0. The molecule has 0 N–H and O–H groups in total. The van der Waals surface area contributed by atoms with Gasteiger partial charge in [-0.3, -0.25) is 0 Å². The SMILES string of the molecule is Cc1ccccc1N=Nc1cc(C)c(N=Nc2c([O-])ccc3ccccc23)cc1C.[Na+]. The van der Waals surface area contributed by atoms with Gasteiger partial charge in [-0.1, -0.05) is 60.3 Å². The summed E-state index contributed by atoms with van der Waals surface area (Å²) < 4.78 is 0. The fourth-order valence-corrected chi connectivity index (χ4v) is 3.23. The third kappa shape index (κ3) is 5.07. The van der Waals surface area contributed by atoms with E-state index in [9.17, 15) is 5.11 Å². The number of fused-ring (bicyclic) bond motifs is 1. The Kier molecular flexibility index (Phi) is 7.33. The minimum Gasteiger partial charge on any atom is -0.871 e. The van der Waals surface area contributed by atoms with Gasteiger partial charge < -0.3 is 5.11 Å². The summed E-state index contributed by atoms with van der Waals surface area (Å²) in [6.45, 7) is 5.91. The van der Waals surface area contributed by atoms with E-state index < -0.39 is 0 Å². The Bertz CT molecular complexity index is 1300. The first kappa shape index (κ1) is 22.8. The number of azo groups is 2. The van der Waals surface area contributed by atoms with E-state index in [0.29, 0.717) is 11.4 Å². The molecule has 4 aromatic carbocycles. The molecule has 31 heavy (non-hydrogen) atoms. The van der Waals surface area contributed by atoms with Crippen LogP contribution in [0.15, 0.2) is 93.3 Å². The molecule has 0 unspecified atom stereocenters. The van der Waals surface area contributed by atoms with E-state index in [1.807, 2.05) is 81.4 Å². The van der Waals surface area contributed by atoms with Crippen molar-refractivity contribution in [2.24, 2.45) is 20.5 Å². The van der Waals surface area contributed by atoms with E-state index in [1.54, 1.807) is 6.07 Å². The summed E-state index contributed by atoms with van der Waals surface area (Å²) in [5, 5.41) is 31.6. The van der Waals surface area contributed by atoms with Crippen LogP contribution in [0.5, 0.6) is 5.75 Å². The van der Waals surface area contributed by atoms with Crippen molar-refractivity contribution in [2.45, 2.75) is 20.8 Å². The van der Waals surface area contributed by atoms with Crippen LogP contribution in [0.4, 0.5) is 22.7 Å². The van der Waals surface area contributed by atoms with Gasteiger partial charge in [0.05, 0.1) is 22.7 Å². The van der Waals surface area contributed by atoms with Crippen molar-refractivity contribution < 1.29 is 34.7 Å². The third-order valence-corrected chi connectivity index (χ3v) is 5.02. The summed E-state index contributed by atoms with van der Waals surface area (Å²) in [5.41, 5.74) is 5.61. The number of benzene rings is 4. The number of aryl methyl sites for hydroxylation is 3. The maximum atomic E-state index is 12.3. The first-order valence-corrected chi connectivity index (χ1v) is 9.72. The van der Waals surface area contributed by atoms with Crippen LogP contribution in [-0.2, 0) is 0 Å². The van der Waals surface area contributed by atoms with Crippen molar-refractivity contribution in [1.82, 2.24) is 0 Å². The van der Waals surface area contributed by atoms with Crippen molar-refractivity contribution in [1.29, 1.82) is 0 Å². The summed E-state index contributed by atoms with van der Waals surface area (Å²) in [6, 6.07) is 22.7. The van der Waals surface area contributed by atoms with E-state index >= 15 is 0 Å². The Labute approximate surface area is 203 Å². The van der Waals surface area contributed by atoms with Gasteiger partial charge in [0.25, 0.3) is 0 Å². The van der Waals surface area contributed by atoms with Crippen LogP contribution in [0.3, 0.4) is 0 Å². The molecular formula is C25H21N4NaO. The van der Waals surface area contributed by atoms with Gasteiger partial charge in [-0.15, -0.1) is 0 Å². The van der Waals surface area contributed by atoms with E-state index in [-0.39, 0.29) is 35.3 Å². The number of hydrogen-bond acceptors (Lipinski definition) is 5. The standard InChI is InChI=1S/C25H22N4O.Na/c1-16-8-4-7-11-21(16)26-27-22-14-18(3)23(15-17(22)2)28-29-25-20-10-6-5-9-19(20)12-13-24(25)30;/h4-15,30H,1-3H3;/q;+1/p-1. The van der Waals surface area contributed by atoms with Gasteiger partial charge in [-0.05, 0) is 61.0 Å². The normalized spacial score (nSPS) is 11.3. The summed E-state index contributed by atoms with van der Waals surface area (Å²) in [7, 11) is 0. The second-order valence-electron chi connectivity index (χ2n) is 7.25. The predicted molar refractivity (Wildman–Crippen MR) is 119 cm³/mol. The Morgan fingerprint density at radius 3 is 1.87 bits per heavy atom. The summed E-state index contributed by atoms with van der Waals surface area (Å²) in [5.74, 6) is -0.143. The Balaban J connectivity index is 0.00000272. The molecule has 0 saturated carbocycles. The molecule has 4 rings (SSSR count). The quantitative estimate of drug-likeness (QED) is 0.352. The number of rotatable bonds is 4. The number of nitrogens with zero attached hydrogens (tertiary/aromatic N) is 4. The minimum absolute atomic E-state index is 0. The first-order valence-electron chi connectivity index (χ1n) is 9.72. The average molecular weight is 416 g/mol. The first-order chi connectivity index (χ1) is 14.5. The molecular weight excluding hydrogens is 395 g/mol. The summed E-state index contributed by atoms with van der Waals surface area (Å²) in [6.07, 6.45) is 0. The molecule has 0 aromatic heterocycles. The van der Waals surface area contributed by atoms with Gasteiger partial charge >= 0.3 is 29.6 Å². The minimum atomic E-state index is -0.143. The molecule has 0 fully saturated rings. The second-order valence-corrected chi connectivity index (χ2v) is 7.25. The van der Waals surface area contributed by atoms with Gasteiger partial charge in [0, 0.05) is 5.39 Å². The zero-order chi connectivity index (χ0) is 21.1. The van der Waals surface area contributed by atoms with Gasteiger partial charge in [-0.2, -0.15) is 20.5 Å². The summed E-state index contributed by atoms with van der Waals surface area (Å²) in [4.78, 5) is 0. The van der Waals surface area contributed by atoms with Crippen LogP contribution in [0, 0.1) is 20.8 Å². The maximum Gasteiger partial charge on any atom is 1.00 e. The van der Waals surface area contributed by atoms with Crippen LogP contribution in [0.1, 0.15) is 16.7 Å². The molecule has 0 heterocycles.